The van der Waals surface area contributed by atoms with Crippen molar-refractivity contribution in [3.8, 4) is 0 Å². The van der Waals surface area contributed by atoms with Gasteiger partial charge in [-0.25, -0.2) is 0 Å². The van der Waals surface area contributed by atoms with Gasteiger partial charge < -0.3 is 11.1 Å². The third-order valence-corrected chi connectivity index (χ3v) is 3.08. The molecule has 0 aliphatic heterocycles. The van der Waals surface area contributed by atoms with Gasteiger partial charge in [0.2, 0.25) is 5.91 Å². The Hall–Kier alpha value is -1.35. The highest BCUT2D eigenvalue weighted by Gasteiger charge is 2.03. The molecule has 18 heavy (non-hydrogen) atoms. The Balaban J connectivity index is 2.41. The van der Waals surface area contributed by atoms with Crippen LogP contribution in [0, 0.1) is 12.8 Å². The quantitative estimate of drug-likeness (QED) is 0.729. The molecule has 3 heteroatoms. The monoisotopic (exact) mass is 248 g/mol. The van der Waals surface area contributed by atoms with Gasteiger partial charge in [0.25, 0.3) is 0 Å². The maximum Gasteiger partial charge on any atom is 0.248 e. The number of nitrogens with two attached hydrogens (primary N) is 1. The number of hydrogen-bond donors (Lipinski definition) is 2. The predicted octanol–water partition coefficient (Wildman–Crippen LogP) is 2.62. The Morgan fingerprint density at radius 2 is 2.11 bits per heavy atom. The second-order valence-electron chi connectivity index (χ2n) is 5.22. The fraction of sp³-hybridized carbons (Fsp3) is 0.533. The fourth-order valence-electron chi connectivity index (χ4n) is 1.91. The van der Waals surface area contributed by atoms with Gasteiger partial charge in [0, 0.05) is 12.1 Å². The largest absolute Gasteiger partial charge is 0.366 e. The minimum atomic E-state index is -0.366. The Labute approximate surface area is 110 Å². The molecule has 3 N–H and O–H groups in total. The average Bonchev–Trinajstić information content (AvgIpc) is 2.29. The number of benzene rings is 1. The van der Waals surface area contributed by atoms with Crippen molar-refractivity contribution < 1.29 is 4.79 Å². The standard InChI is InChI=1S/C15H24N2O/c1-11(2)5-4-8-17-10-14-7-6-13(15(16)18)9-12(14)3/h6-7,9,11,17H,4-5,8,10H2,1-3H3,(H2,16,18). The molecule has 1 rings (SSSR count). The third kappa shape index (κ3) is 4.88. The Morgan fingerprint density at radius 3 is 2.67 bits per heavy atom. The first-order chi connectivity index (χ1) is 8.50. The van der Waals surface area contributed by atoms with E-state index in [0.717, 1.165) is 24.6 Å². The molecule has 100 valence electrons. The van der Waals surface area contributed by atoms with Crippen molar-refractivity contribution in [1.82, 2.24) is 5.32 Å². The van der Waals surface area contributed by atoms with E-state index in [9.17, 15) is 4.79 Å². The van der Waals surface area contributed by atoms with Crippen molar-refractivity contribution in [2.75, 3.05) is 6.54 Å². The number of rotatable bonds is 7. The zero-order valence-electron chi connectivity index (χ0n) is 11.6. The van der Waals surface area contributed by atoms with Gasteiger partial charge >= 0.3 is 0 Å². The number of carbonyl (C=O) groups excluding carboxylic acids is 1. The van der Waals surface area contributed by atoms with E-state index in [4.69, 9.17) is 5.73 Å². The van der Waals surface area contributed by atoms with Gasteiger partial charge in [-0.05, 0) is 55.5 Å². The topological polar surface area (TPSA) is 55.1 Å². The molecule has 0 radical (unpaired) electrons. The lowest BCUT2D eigenvalue weighted by atomic mass is 10.0. The zero-order valence-corrected chi connectivity index (χ0v) is 11.6. The lowest BCUT2D eigenvalue weighted by Gasteiger charge is -2.09. The molecule has 0 saturated carbocycles. The van der Waals surface area contributed by atoms with Crippen LogP contribution >= 0.6 is 0 Å². The average molecular weight is 248 g/mol. The van der Waals surface area contributed by atoms with Crippen LogP contribution in [0.3, 0.4) is 0 Å². The summed E-state index contributed by atoms with van der Waals surface area (Å²) in [6, 6.07) is 5.62. The van der Waals surface area contributed by atoms with Crippen LogP contribution in [0.5, 0.6) is 0 Å². The maximum atomic E-state index is 11.0. The van der Waals surface area contributed by atoms with Crippen molar-refractivity contribution >= 4 is 5.91 Å². The number of primary amides is 1. The van der Waals surface area contributed by atoms with E-state index in [1.807, 2.05) is 19.1 Å². The van der Waals surface area contributed by atoms with Crippen LogP contribution < -0.4 is 11.1 Å². The van der Waals surface area contributed by atoms with E-state index in [1.54, 1.807) is 6.07 Å². The van der Waals surface area contributed by atoms with E-state index in [1.165, 1.54) is 18.4 Å². The van der Waals surface area contributed by atoms with Crippen molar-refractivity contribution in [3.63, 3.8) is 0 Å². The molecule has 0 aliphatic carbocycles. The summed E-state index contributed by atoms with van der Waals surface area (Å²) in [6.45, 7) is 8.38. The number of amides is 1. The van der Waals surface area contributed by atoms with Crippen LogP contribution in [0.1, 0.15) is 48.2 Å². The van der Waals surface area contributed by atoms with E-state index >= 15 is 0 Å². The lowest BCUT2D eigenvalue weighted by molar-refractivity contribution is 0.1000. The summed E-state index contributed by atoms with van der Waals surface area (Å²) in [5, 5.41) is 3.43. The second kappa shape index (κ2) is 7.17. The number of nitrogens with one attached hydrogen (secondary N) is 1. The molecule has 0 heterocycles. The second-order valence-corrected chi connectivity index (χ2v) is 5.22. The summed E-state index contributed by atoms with van der Waals surface area (Å²) in [5.41, 5.74) is 8.17. The molecule has 1 aromatic carbocycles. The van der Waals surface area contributed by atoms with Crippen LogP contribution in [-0.2, 0) is 6.54 Å². The van der Waals surface area contributed by atoms with Gasteiger partial charge in [0.05, 0.1) is 0 Å². The van der Waals surface area contributed by atoms with Crippen LogP contribution in [0.2, 0.25) is 0 Å². The molecule has 0 saturated heterocycles. The summed E-state index contributed by atoms with van der Waals surface area (Å²) < 4.78 is 0. The first-order valence-corrected chi connectivity index (χ1v) is 6.60. The summed E-state index contributed by atoms with van der Waals surface area (Å²) >= 11 is 0. The highest BCUT2D eigenvalue weighted by molar-refractivity contribution is 5.93. The van der Waals surface area contributed by atoms with Crippen molar-refractivity contribution in [2.45, 2.75) is 40.2 Å². The fourth-order valence-corrected chi connectivity index (χ4v) is 1.91. The molecule has 0 fully saturated rings. The highest BCUT2D eigenvalue weighted by Crippen LogP contribution is 2.11. The Kier molecular flexibility index (Phi) is 5.86. The number of hydrogen-bond acceptors (Lipinski definition) is 2. The highest BCUT2D eigenvalue weighted by atomic mass is 16.1. The molecule has 3 nitrogen and oxygen atoms in total. The molecule has 1 amide bonds. The Morgan fingerprint density at radius 1 is 1.39 bits per heavy atom. The predicted molar refractivity (Wildman–Crippen MR) is 75.5 cm³/mol. The normalized spacial score (nSPS) is 10.9. The van der Waals surface area contributed by atoms with Crippen molar-refractivity contribution in [3.05, 3.63) is 34.9 Å². The van der Waals surface area contributed by atoms with Gasteiger partial charge in [-0.1, -0.05) is 19.9 Å². The van der Waals surface area contributed by atoms with Crippen LogP contribution in [0.15, 0.2) is 18.2 Å². The molecular weight excluding hydrogens is 224 g/mol. The third-order valence-electron chi connectivity index (χ3n) is 3.08. The summed E-state index contributed by atoms with van der Waals surface area (Å²) in [5.74, 6) is 0.401. The van der Waals surface area contributed by atoms with Gasteiger partial charge in [0.15, 0.2) is 0 Å². The van der Waals surface area contributed by atoms with Gasteiger partial charge in [-0.2, -0.15) is 0 Å². The van der Waals surface area contributed by atoms with Crippen LogP contribution in [-0.4, -0.2) is 12.5 Å². The molecule has 0 unspecified atom stereocenters. The molecule has 0 aliphatic rings. The van der Waals surface area contributed by atoms with E-state index in [-0.39, 0.29) is 5.91 Å². The summed E-state index contributed by atoms with van der Waals surface area (Å²) in [6.07, 6.45) is 2.46. The molecule has 0 aromatic heterocycles. The zero-order chi connectivity index (χ0) is 13.5. The number of carbonyl (C=O) groups is 1. The van der Waals surface area contributed by atoms with Gasteiger partial charge in [-0.3, -0.25) is 4.79 Å². The minimum absolute atomic E-state index is 0.366. The maximum absolute atomic E-state index is 11.0. The molecular formula is C15H24N2O. The molecule has 0 atom stereocenters. The van der Waals surface area contributed by atoms with E-state index in [0.29, 0.717) is 5.56 Å². The first kappa shape index (κ1) is 14.7. The van der Waals surface area contributed by atoms with E-state index < -0.39 is 0 Å². The summed E-state index contributed by atoms with van der Waals surface area (Å²) in [7, 11) is 0. The van der Waals surface area contributed by atoms with Gasteiger partial charge in [0.1, 0.15) is 0 Å². The SMILES string of the molecule is Cc1cc(C(N)=O)ccc1CNCCCC(C)C. The van der Waals surface area contributed by atoms with Crippen molar-refractivity contribution in [1.29, 1.82) is 0 Å². The van der Waals surface area contributed by atoms with Crippen molar-refractivity contribution in [2.24, 2.45) is 11.7 Å². The number of aryl methyl sites for hydroxylation is 1. The lowest BCUT2D eigenvalue weighted by Crippen LogP contribution is -2.17. The molecule has 0 spiro atoms. The minimum Gasteiger partial charge on any atom is -0.366 e. The summed E-state index contributed by atoms with van der Waals surface area (Å²) in [4.78, 5) is 11.0. The molecule has 1 aromatic rings. The first-order valence-electron chi connectivity index (χ1n) is 6.60. The van der Waals surface area contributed by atoms with Gasteiger partial charge in [-0.15, -0.1) is 0 Å². The van der Waals surface area contributed by atoms with Crippen LogP contribution in [0.25, 0.3) is 0 Å². The van der Waals surface area contributed by atoms with E-state index in [2.05, 4.69) is 19.2 Å². The smallest absolute Gasteiger partial charge is 0.248 e. The Bertz CT molecular complexity index is 399. The van der Waals surface area contributed by atoms with Crippen LogP contribution in [0.4, 0.5) is 0 Å². The molecule has 0 bridgehead atoms.